The minimum absolute atomic E-state index is 0.794. The highest BCUT2D eigenvalue weighted by Gasteiger charge is 1.91. The Balaban J connectivity index is 2.23. The van der Waals surface area contributed by atoms with Crippen LogP contribution >= 0.6 is 0 Å². The van der Waals surface area contributed by atoms with E-state index in [1.54, 1.807) is 12.4 Å². The summed E-state index contributed by atoms with van der Waals surface area (Å²) in [6.45, 7) is 0. The fraction of sp³-hybridized carbons (Fsp3) is 0. The molecule has 0 saturated heterocycles. The summed E-state index contributed by atoms with van der Waals surface area (Å²) in [6.07, 6.45) is 7.57. The molecule has 0 spiro atoms. The van der Waals surface area contributed by atoms with Gasteiger partial charge in [-0.05, 0) is 29.3 Å². The first-order valence-electron chi connectivity index (χ1n) is 4.79. The van der Waals surface area contributed by atoms with Crippen LogP contribution in [0.2, 0.25) is 0 Å². The monoisotopic (exact) mass is 196 g/mol. The lowest BCUT2D eigenvalue weighted by molar-refractivity contribution is 1.32. The first-order valence-corrected chi connectivity index (χ1v) is 4.79. The largest absolute Gasteiger partial charge is 0.398 e. The van der Waals surface area contributed by atoms with E-state index in [-0.39, 0.29) is 0 Å². The number of hydrogen-bond acceptors (Lipinski definition) is 2. The first kappa shape index (κ1) is 9.46. The Kier molecular flexibility index (Phi) is 2.79. The Bertz CT molecular complexity index is 461. The lowest BCUT2D eigenvalue weighted by atomic mass is 10.1. The number of nitrogen functional groups attached to an aromatic ring is 1. The summed E-state index contributed by atoms with van der Waals surface area (Å²) in [4.78, 5) is 3.96. The van der Waals surface area contributed by atoms with Gasteiger partial charge in [0.25, 0.3) is 0 Å². The molecule has 2 rings (SSSR count). The lowest BCUT2D eigenvalue weighted by Gasteiger charge is -1.98. The standard InChI is InChI=1S/C13H12N2/c14-13-4-2-1-3-12(13)6-5-11-7-9-15-10-8-11/h1-10H,14H2/b6-5+. The molecule has 0 amide bonds. The number of benzene rings is 1. The molecule has 0 saturated carbocycles. The number of pyridine rings is 1. The van der Waals surface area contributed by atoms with Crippen molar-refractivity contribution in [2.45, 2.75) is 0 Å². The molecule has 0 radical (unpaired) electrons. The summed E-state index contributed by atoms with van der Waals surface area (Å²) in [6, 6.07) is 11.7. The molecule has 0 aliphatic heterocycles. The van der Waals surface area contributed by atoms with Crippen LogP contribution in [0.5, 0.6) is 0 Å². The predicted molar refractivity (Wildman–Crippen MR) is 64.0 cm³/mol. The lowest BCUT2D eigenvalue weighted by Crippen LogP contribution is -1.87. The molecule has 0 aliphatic carbocycles. The van der Waals surface area contributed by atoms with Crippen LogP contribution in [0.3, 0.4) is 0 Å². The van der Waals surface area contributed by atoms with Gasteiger partial charge in [-0.3, -0.25) is 4.98 Å². The zero-order valence-corrected chi connectivity index (χ0v) is 8.30. The third-order valence-corrected chi connectivity index (χ3v) is 2.16. The summed E-state index contributed by atoms with van der Waals surface area (Å²) in [5, 5.41) is 0. The van der Waals surface area contributed by atoms with Gasteiger partial charge in [-0.15, -0.1) is 0 Å². The zero-order valence-electron chi connectivity index (χ0n) is 8.30. The van der Waals surface area contributed by atoms with Crippen molar-refractivity contribution in [1.82, 2.24) is 4.98 Å². The fourth-order valence-corrected chi connectivity index (χ4v) is 1.32. The summed E-state index contributed by atoms with van der Waals surface area (Å²) < 4.78 is 0. The van der Waals surface area contributed by atoms with Gasteiger partial charge in [0.15, 0.2) is 0 Å². The van der Waals surface area contributed by atoms with Crippen LogP contribution in [0.1, 0.15) is 11.1 Å². The number of para-hydroxylation sites is 1. The minimum Gasteiger partial charge on any atom is -0.398 e. The maximum absolute atomic E-state index is 5.82. The molecule has 15 heavy (non-hydrogen) atoms. The second kappa shape index (κ2) is 4.42. The molecule has 2 nitrogen and oxygen atoms in total. The second-order valence-electron chi connectivity index (χ2n) is 3.24. The van der Waals surface area contributed by atoms with Crippen molar-refractivity contribution in [3.05, 3.63) is 59.9 Å². The Morgan fingerprint density at radius 3 is 2.40 bits per heavy atom. The summed E-state index contributed by atoms with van der Waals surface area (Å²) in [5.74, 6) is 0. The van der Waals surface area contributed by atoms with Crippen molar-refractivity contribution in [1.29, 1.82) is 0 Å². The topological polar surface area (TPSA) is 38.9 Å². The molecule has 0 atom stereocenters. The minimum atomic E-state index is 0.794. The number of anilines is 1. The van der Waals surface area contributed by atoms with Crippen LogP contribution in [-0.4, -0.2) is 4.98 Å². The number of nitrogens with zero attached hydrogens (tertiary/aromatic N) is 1. The van der Waals surface area contributed by atoms with Gasteiger partial charge >= 0.3 is 0 Å². The van der Waals surface area contributed by atoms with E-state index in [1.807, 2.05) is 48.6 Å². The number of nitrogens with two attached hydrogens (primary N) is 1. The molecular formula is C13H12N2. The molecule has 2 heteroatoms. The van der Waals surface area contributed by atoms with Crippen LogP contribution < -0.4 is 5.73 Å². The summed E-state index contributed by atoms with van der Waals surface area (Å²) in [7, 11) is 0. The van der Waals surface area contributed by atoms with E-state index in [2.05, 4.69) is 4.98 Å². The van der Waals surface area contributed by atoms with Crippen LogP contribution in [-0.2, 0) is 0 Å². The smallest absolute Gasteiger partial charge is 0.0387 e. The van der Waals surface area contributed by atoms with Crippen LogP contribution in [0.4, 0.5) is 5.69 Å². The van der Waals surface area contributed by atoms with Crippen molar-refractivity contribution in [3.63, 3.8) is 0 Å². The van der Waals surface area contributed by atoms with Gasteiger partial charge in [0.2, 0.25) is 0 Å². The summed E-state index contributed by atoms with van der Waals surface area (Å²) in [5.41, 5.74) is 8.77. The van der Waals surface area contributed by atoms with Gasteiger partial charge in [0, 0.05) is 18.1 Å². The quantitative estimate of drug-likeness (QED) is 0.750. The SMILES string of the molecule is Nc1ccccc1/C=C/c1ccncc1. The Morgan fingerprint density at radius 2 is 1.67 bits per heavy atom. The van der Waals surface area contributed by atoms with Gasteiger partial charge < -0.3 is 5.73 Å². The van der Waals surface area contributed by atoms with E-state index in [1.165, 1.54) is 0 Å². The molecule has 1 heterocycles. The molecule has 2 N–H and O–H groups in total. The van der Waals surface area contributed by atoms with E-state index in [0.29, 0.717) is 0 Å². The van der Waals surface area contributed by atoms with Gasteiger partial charge in [-0.2, -0.15) is 0 Å². The van der Waals surface area contributed by atoms with Crippen molar-refractivity contribution < 1.29 is 0 Å². The maximum atomic E-state index is 5.82. The fourth-order valence-electron chi connectivity index (χ4n) is 1.32. The van der Waals surface area contributed by atoms with Crippen LogP contribution in [0.25, 0.3) is 12.2 Å². The molecular weight excluding hydrogens is 184 g/mol. The molecule has 0 fully saturated rings. The Labute approximate surface area is 89.1 Å². The van der Waals surface area contributed by atoms with E-state index >= 15 is 0 Å². The Morgan fingerprint density at radius 1 is 0.933 bits per heavy atom. The van der Waals surface area contributed by atoms with E-state index in [9.17, 15) is 0 Å². The normalized spacial score (nSPS) is 10.7. The van der Waals surface area contributed by atoms with E-state index in [0.717, 1.165) is 16.8 Å². The van der Waals surface area contributed by atoms with Crippen molar-refractivity contribution in [2.75, 3.05) is 5.73 Å². The predicted octanol–water partition coefficient (Wildman–Crippen LogP) is 2.83. The third-order valence-electron chi connectivity index (χ3n) is 2.16. The molecule has 0 bridgehead atoms. The average molecular weight is 196 g/mol. The molecule has 74 valence electrons. The molecule has 2 aromatic rings. The highest BCUT2D eigenvalue weighted by Crippen LogP contribution is 2.14. The van der Waals surface area contributed by atoms with Gasteiger partial charge in [-0.25, -0.2) is 0 Å². The van der Waals surface area contributed by atoms with Gasteiger partial charge in [0.1, 0.15) is 0 Å². The first-order chi connectivity index (χ1) is 7.36. The zero-order chi connectivity index (χ0) is 10.5. The average Bonchev–Trinajstić information content (AvgIpc) is 2.29. The van der Waals surface area contributed by atoms with E-state index < -0.39 is 0 Å². The van der Waals surface area contributed by atoms with Crippen molar-refractivity contribution >= 4 is 17.8 Å². The molecule has 0 aliphatic rings. The molecule has 0 unspecified atom stereocenters. The highest BCUT2D eigenvalue weighted by atomic mass is 14.6. The van der Waals surface area contributed by atoms with Crippen molar-refractivity contribution in [2.24, 2.45) is 0 Å². The van der Waals surface area contributed by atoms with Gasteiger partial charge in [-0.1, -0.05) is 30.4 Å². The molecule has 1 aromatic carbocycles. The maximum Gasteiger partial charge on any atom is 0.0387 e. The number of aromatic nitrogens is 1. The number of hydrogen-bond donors (Lipinski definition) is 1. The van der Waals surface area contributed by atoms with Crippen molar-refractivity contribution in [3.8, 4) is 0 Å². The number of rotatable bonds is 2. The van der Waals surface area contributed by atoms with Crippen LogP contribution in [0.15, 0.2) is 48.8 Å². The summed E-state index contributed by atoms with van der Waals surface area (Å²) >= 11 is 0. The Hall–Kier alpha value is -2.09. The van der Waals surface area contributed by atoms with Gasteiger partial charge in [0.05, 0.1) is 0 Å². The molecule has 1 aromatic heterocycles. The van der Waals surface area contributed by atoms with Crippen LogP contribution in [0, 0.1) is 0 Å². The van der Waals surface area contributed by atoms with E-state index in [4.69, 9.17) is 5.73 Å². The second-order valence-corrected chi connectivity index (χ2v) is 3.24. The highest BCUT2D eigenvalue weighted by molar-refractivity contribution is 5.75. The third kappa shape index (κ3) is 2.44.